The first-order chi connectivity index (χ1) is 15.5. The molecule has 1 fully saturated rings. The second-order valence-corrected chi connectivity index (χ2v) is 8.04. The molecule has 2 aliphatic heterocycles. The third-order valence-corrected chi connectivity index (χ3v) is 6.03. The van der Waals surface area contributed by atoms with Gasteiger partial charge in [-0.25, -0.2) is 0 Å². The van der Waals surface area contributed by atoms with Gasteiger partial charge >= 0.3 is 5.91 Å². The van der Waals surface area contributed by atoms with E-state index in [1.807, 2.05) is 24.3 Å². The summed E-state index contributed by atoms with van der Waals surface area (Å²) in [6.45, 7) is 5.57. The van der Waals surface area contributed by atoms with Gasteiger partial charge in [-0.1, -0.05) is 25.1 Å². The lowest BCUT2D eigenvalue weighted by atomic mass is 10.1. The van der Waals surface area contributed by atoms with Crippen molar-refractivity contribution in [2.45, 2.75) is 13.3 Å². The van der Waals surface area contributed by atoms with Crippen LogP contribution in [0.3, 0.4) is 0 Å². The van der Waals surface area contributed by atoms with E-state index in [0.717, 1.165) is 17.7 Å². The van der Waals surface area contributed by atoms with Crippen LogP contribution in [0.1, 0.15) is 22.8 Å². The first kappa shape index (κ1) is 22.0. The number of nitrogens with zero attached hydrogens (tertiary/aromatic N) is 3. The van der Waals surface area contributed by atoms with Gasteiger partial charge in [-0.3, -0.25) is 29.1 Å². The molecule has 32 heavy (non-hydrogen) atoms. The maximum atomic E-state index is 12.5. The zero-order valence-electron chi connectivity index (χ0n) is 18.5. The molecule has 0 aliphatic carbocycles. The first-order valence-corrected chi connectivity index (χ1v) is 10.9. The van der Waals surface area contributed by atoms with Gasteiger partial charge in [-0.05, 0) is 30.2 Å². The molecule has 0 saturated carbocycles. The lowest BCUT2D eigenvalue weighted by Crippen LogP contribution is -2.52. The number of piperazine rings is 1. The van der Waals surface area contributed by atoms with Crippen LogP contribution in [0.2, 0.25) is 0 Å². The number of anilines is 2. The van der Waals surface area contributed by atoms with Crippen LogP contribution in [-0.2, 0) is 16.0 Å². The van der Waals surface area contributed by atoms with Crippen LogP contribution in [0.15, 0.2) is 42.5 Å². The standard InChI is InChI=1S/C24H28N4O4/c1-3-17-6-4-5-7-20(17)25-22(29)15-26-10-12-27(13-11-26)16-28-21-14-18(32-2)8-9-19(21)23(30)24(28)31/h4-9,14H,3,10-13,15-16H2,1-2H3,(H,25,29). The van der Waals surface area contributed by atoms with Gasteiger partial charge in [0.15, 0.2) is 0 Å². The summed E-state index contributed by atoms with van der Waals surface area (Å²) in [6, 6.07) is 12.9. The second kappa shape index (κ2) is 9.50. The van der Waals surface area contributed by atoms with E-state index in [2.05, 4.69) is 22.0 Å². The highest BCUT2D eigenvalue weighted by atomic mass is 16.5. The minimum Gasteiger partial charge on any atom is -0.497 e. The Hall–Kier alpha value is -3.23. The molecule has 0 aromatic heterocycles. The zero-order valence-corrected chi connectivity index (χ0v) is 18.5. The van der Waals surface area contributed by atoms with Gasteiger partial charge in [-0.15, -0.1) is 0 Å². The molecule has 8 heteroatoms. The molecule has 2 aromatic rings. The molecule has 2 amide bonds. The summed E-state index contributed by atoms with van der Waals surface area (Å²) in [6.07, 6.45) is 0.863. The number of rotatable bonds is 7. The van der Waals surface area contributed by atoms with Crippen molar-refractivity contribution in [3.63, 3.8) is 0 Å². The van der Waals surface area contributed by atoms with Crippen molar-refractivity contribution in [2.75, 3.05) is 56.7 Å². The number of amides is 2. The van der Waals surface area contributed by atoms with Crippen molar-refractivity contribution in [1.82, 2.24) is 9.80 Å². The van der Waals surface area contributed by atoms with Crippen molar-refractivity contribution in [3.8, 4) is 5.75 Å². The zero-order chi connectivity index (χ0) is 22.7. The number of nitrogens with one attached hydrogen (secondary N) is 1. The van der Waals surface area contributed by atoms with E-state index in [4.69, 9.17) is 4.74 Å². The summed E-state index contributed by atoms with van der Waals surface area (Å²) < 4.78 is 5.25. The minimum atomic E-state index is -0.510. The van der Waals surface area contributed by atoms with Gasteiger partial charge in [-0.2, -0.15) is 0 Å². The second-order valence-electron chi connectivity index (χ2n) is 8.04. The van der Waals surface area contributed by atoms with E-state index in [1.165, 1.54) is 4.90 Å². The average molecular weight is 437 g/mol. The van der Waals surface area contributed by atoms with Gasteiger partial charge in [0.25, 0.3) is 5.78 Å². The fourth-order valence-electron chi connectivity index (χ4n) is 4.17. The predicted octanol–water partition coefficient (Wildman–Crippen LogP) is 2.00. The van der Waals surface area contributed by atoms with Crippen molar-refractivity contribution >= 4 is 29.0 Å². The van der Waals surface area contributed by atoms with Gasteiger partial charge < -0.3 is 10.1 Å². The van der Waals surface area contributed by atoms with E-state index in [1.54, 1.807) is 25.3 Å². The number of methoxy groups -OCH3 is 1. The largest absolute Gasteiger partial charge is 0.497 e. The Balaban J connectivity index is 1.31. The molecule has 0 spiro atoms. The molecule has 0 radical (unpaired) electrons. The number of carbonyl (C=O) groups excluding carboxylic acids is 3. The van der Waals surface area contributed by atoms with Crippen LogP contribution < -0.4 is 15.0 Å². The lowest BCUT2D eigenvalue weighted by Gasteiger charge is -2.36. The fourth-order valence-corrected chi connectivity index (χ4v) is 4.17. The fraction of sp³-hybridized carbons (Fsp3) is 0.375. The number of benzene rings is 2. The maximum absolute atomic E-state index is 12.5. The van der Waals surface area contributed by atoms with E-state index in [-0.39, 0.29) is 5.91 Å². The SMILES string of the molecule is CCc1ccccc1NC(=O)CN1CCN(CN2C(=O)C(=O)c3ccc(OC)cc32)CC1. The van der Waals surface area contributed by atoms with Gasteiger partial charge in [0.2, 0.25) is 5.91 Å². The summed E-state index contributed by atoms with van der Waals surface area (Å²) in [7, 11) is 1.56. The van der Waals surface area contributed by atoms with Crippen molar-refractivity contribution < 1.29 is 19.1 Å². The molecule has 2 heterocycles. The highest BCUT2D eigenvalue weighted by Crippen LogP contribution is 2.32. The number of hydrogen-bond acceptors (Lipinski definition) is 6. The number of carbonyl (C=O) groups is 3. The Kier molecular flexibility index (Phi) is 6.53. The number of fused-ring (bicyclic) bond motifs is 1. The number of Topliss-reactive ketones (excluding diaryl/α,β-unsaturated/α-hetero) is 1. The third-order valence-electron chi connectivity index (χ3n) is 6.03. The first-order valence-electron chi connectivity index (χ1n) is 10.9. The van der Waals surface area contributed by atoms with E-state index < -0.39 is 11.7 Å². The van der Waals surface area contributed by atoms with Crippen LogP contribution in [0.5, 0.6) is 5.75 Å². The van der Waals surface area contributed by atoms with Crippen molar-refractivity contribution in [3.05, 3.63) is 53.6 Å². The van der Waals surface area contributed by atoms with E-state index >= 15 is 0 Å². The minimum absolute atomic E-state index is 0.0271. The lowest BCUT2D eigenvalue weighted by molar-refractivity contribution is -0.117. The Labute approximate surface area is 187 Å². The molecule has 0 bridgehead atoms. The maximum Gasteiger partial charge on any atom is 0.300 e. The third kappa shape index (κ3) is 4.51. The number of aryl methyl sites for hydroxylation is 1. The normalized spacial score (nSPS) is 16.9. The highest BCUT2D eigenvalue weighted by molar-refractivity contribution is 6.52. The summed E-state index contributed by atoms with van der Waals surface area (Å²) >= 11 is 0. The van der Waals surface area contributed by atoms with Crippen LogP contribution in [0.25, 0.3) is 0 Å². The molecule has 0 unspecified atom stereocenters. The van der Waals surface area contributed by atoms with Crippen LogP contribution >= 0.6 is 0 Å². The monoisotopic (exact) mass is 436 g/mol. The van der Waals surface area contributed by atoms with Crippen molar-refractivity contribution in [1.29, 1.82) is 0 Å². The summed E-state index contributed by atoms with van der Waals surface area (Å²) in [5.74, 6) is -0.410. The summed E-state index contributed by atoms with van der Waals surface area (Å²) in [5, 5.41) is 3.01. The van der Waals surface area contributed by atoms with Gasteiger partial charge in [0.1, 0.15) is 5.75 Å². The number of hydrogen-bond donors (Lipinski definition) is 1. The smallest absolute Gasteiger partial charge is 0.300 e. The topological polar surface area (TPSA) is 82.2 Å². The van der Waals surface area contributed by atoms with Crippen LogP contribution in [-0.4, -0.2) is 73.9 Å². The molecule has 168 valence electrons. The number of ketones is 1. The van der Waals surface area contributed by atoms with E-state index in [9.17, 15) is 14.4 Å². The summed E-state index contributed by atoms with van der Waals surface area (Å²) in [4.78, 5) is 43.1. The molecule has 2 aromatic carbocycles. The van der Waals surface area contributed by atoms with Gasteiger partial charge in [0, 0.05) is 37.9 Å². The molecule has 1 saturated heterocycles. The molecule has 0 atom stereocenters. The average Bonchev–Trinajstić information content (AvgIpc) is 3.04. The molecule has 1 N–H and O–H groups in total. The molecular formula is C24H28N4O4. The number of para-hydroxylation sites is 1. The Bertz CT molecular complexity index is 1030. The van der Waals surface area contributed by atoms with Crippen LogP contribution in [0.4, 0.5) is 11.4 Å². The molecule has 8 nitrogen and oxygen atoms in total. The van der Waals surface area contributed by atoms with E-state index in [0.29, 0.717) is 56.4 Å². The molecule has 2 aliphatic rings. The Morgan fingerprint density at radius 1 is 1.03 bits per heavy atom. The summed E-state index contributed by atoms with van der Waals surface area (Å²) in [5.41, 5.74) is 2.99. The quantitative estimate of drug-likeness (QED) is 0.669. The highest BCUT2D eigenvalue weighted by Gasteiger charge is 2.37. The Morgan fingerprint density at radius 3 is 2.47 bits per heavy atom. The number of ether oxygens (including phenoxy) is 1. The molecule has 4 rings (SSSR count). The molecular weight excluding hydrogens is 408 g/mol. The predicted molar refractivity (Wildman–Crippen MR) is 122 cm³/mol. The van der Waals surface area contributed by atoms with Gasteiger partial charge in [0.05, 0.1) is 31.6 Å². The van der Waals surface area contributed by atoms with Crippen molar-refractivity contribution in [2.24, 2.45) is 0 Å². The van der Waals surface area contributed by atoms with Crippen LogP contribution in [0, 0.1) is 0 Å². The Morgan fingerprint density at radius 2 is 1.75 bits per heavy atom.